The number of benzene rings is 1. The normalized spacial score (nSPS) is 17.0. The van der Waals surface area contributed by atoms with Crippen LogP contribution in [-0.2, 0) is 16.4 Å². The van der Waals surface area contributed by atoms with Crippen molar-refractivity contribution in [3.05, 3.63) is 29.8 Å². The van der Waals surface area contributed by atoms with Gasteiger partial charge in [0.1, 0.15) is 0 Å². The number of nitrogens with one attached hydrogen (secondary N) is 2. The van der Waals surface area contributed by atoms with Crippen molar-refractivity contribution in [1.82, 2.24) is 10.6 Å². The first kappa shape index (κ1) is 17.7. The van der Waals surface area contributed by atoms with E-state index in [2.05, 4.69) is 15.6 Å². The van der Waals surface area contributed by atoms with Crippen LogP contribution in [0.5, 0.6) is 0 Å². The highest BCUT2D eigenvalue weighted by Crippen LogP contribution is 2.17. The molecular formula is C16H26N4O2S. The first-order valence-corrected chi connectivity index (χ1v) is 9.62. The van der Waals surface area contributed by atoms with Gasteiger partial charge in [0.2, 0.25) is 10.0 Å². The molecule has 0 spiro atoms. The summed E-state index contributed by atoms with van der Waals surface area (Å²) < 4.78 is 22.4. The van der Waals surface area contributed by atoms with Gasteiger partial charge >= 0.3 is 0 Å². The number of sulfonamides is 1. The van der Waals surface area contributed by atoms with E-state index in [4.69, 9.17) is 5.14 Å². The van der Waals surface area contributed by atoms with E-state index in [0.717, 1.165) is 24.5 Å². The number of hydrogen-bond donors (Lipinski definition) is 3. The molecule has 0 aliphatic heterocycles. The summed E-state index contributed by atoms with van der Waals surface area (Å²) in [5.41, 5.74) is 1.05. The third-order valence-electron chi connectivity index (χ3n) is 4.13. The lowest BCUT2D eigenvalue weighted by molar-refractivity contribution is 0.410. The molecular weight excluding hydrogens is 312 g/mol. The minimum atomic E-state index is -3.62. The van der Waals surface area contributed by atoms with Gasteiger partial charge in [0.05, 0.1) is 4.90 Å². The lowest BCUT2D eigenvalue weighted by Gasteiger charge is -2.24. The Morgan fingerprint density at radius 3 is 2.43 bits per heavy atom. The van der Waals surface area contributed by atoms with Crippen LogP contribution in [0.4, 0.5) is 0 Å². The van der Waals surface area contributed by atoms with Gasteiger partial charge in [-0.2, -0.15) is 0 Å². The van der Waals surface area contributed by atoms with Crippen molar-refractivity contribution in [3.8, 4) is 0 Å². The SMILES string of the molecule is CN=C(NCCc1ccc(S(N)(=O)=O)cc1)NC1CCCCC1. The highest BCUT2D eigenvalue weighted by Gasteiger charge is 2.14. The van der Waals surface area contributed by atoms with Gasteiger partial charge in [-0.15, -0.1) is 0 Å². The molecule has 0 radical (unpaired) electrons. The number of nitrogens with two attached hydrogens (primary N) is 1. The van der Waals surface area contributed by atoms with Crippen molar-refractivity contribution in [1.29, 1.82) is 0 Å². The Balaban J connectivity index is 1.78. The summed E-state index contributed by atoms with van der Waals surface area (Å²) in [5, 5.41) is 11.9. The smallest absolute Gasteiger partial charge is 0.238 e. The molecule has 6 nitrogen and oxygen atoms in total. The van der Waals surface area contributed by atoms with E-state index in [1.54, 1.807) is 31.3 Å². The van der Waals surface area contributed by atoms with Gasteiger partial charge in [-0.05, 0) is 37.0 Å². The van der Waals surface area contributed by atoms with Crippen LogP contribution in [-0.4, -0.2) is 34.0 Å². The monoisotopic (exact) mass is 338 g/mol. The predicted octanol–water partition coefficient (Wildman–Crippen LogP) is 1.37. The van der Waals surface area contributed by atoms with Crippen molar-refractivity contribution in [2.24, 2.45) is 10.1 Å². The summed E-state index contributed by atoms with van der Waals surface area (Å²) in [6.07, 6.45) is 7.09. The zero-order valence-electron chi connectivity index (χ0n) is 13.6. The Labute approximate surface area is 138 Å². The summed E-state index contributed by atoms with van der Waals surface area (Å²) in [4.78, 5) is 4.40. The van der Waals surface area contributed by atoms with Crippen molar-refractivity contribution < 1.29 is 8.42 Å². The summed E-state index contributed by atoms with van der Waals surface area (Å²) in [7, 11) is -1.84. The molecule has 2 rings (SSSR count). The first-order chi connectivity index (χ1) is 11.0. The molecule has 0 bridgehead atoms. The van der Waals surface area contributed by atoms with E-state index >= 15 is 0 Å². The lowest BCUT2D eigenvalue weighted by atomic mass is 9.96. The minimum absolute atomic E-state index is 0.143. The fraction of sp³-hybridized carbons (Fsp3) is 0.562. The van der Waals surface area contributed by atoms with Gasteiger partial charge in [0.15, 0.2) is 5.96 Å². The molecule has 1 aliphatic rings. The molecule has 0 heterocycles. The standard InChI is InChI=1S/C16H26N4O2S/c1-18-16(20-14-5-3-2-4-6-14)19-12-11-13-7-9-15(10-8-13)23(17,21)22/h7-10,14H,2-6,11-12H2,1H3,(H2,17,21,22)(H2,18,19,20). The van der Waals surface area contributed by atoms with E-state index < -0.39 is 10.0 Å². The number of primary sulfonamides is 1. The van der Waals surface area contributed by atoms with Crippen LogP contribution in [0.1, 0.15) is 37.7 Å². The van der Waals surface area contributed by atoms with Crippen LogP contribution >= 0.6 is 0 Å². The molecule has 7 heteroatoms. The Morgan fingerprint density at radius 1 is 1.22 bits per heavy atom. The molecule has 0 atom stereocenters. The molecule has 1 fully saturated rings. The molecule has 4 N–H and O–H groups in total. The maximum absolute atomic E-state index is 11.2. The second kappa shape index (κ2) is 8.31. The number of nitrogens with zero attached hydrogens (tertiary/aromatic N) is 1. The number of rotatable bonds is 5. The van der Waals surface area contributed by atoms with E-state index in [0.29, 0.717) is 6.04 Å². The Hall–Kier alpha value is -1.60. The molecule has 0 amide bonds. The topological polar surface area (TPSA) is 96.6 Å². The zero-order valence-corrected chi connectivity index (χ0v) is 14.4. The molecule has 0 unspecified atom stereocenters. The fourth-order valence-corrected chi connectivity index (χ4v) is 3.32. The van der Waals surface area contributed by atoms with Gasteiger partial charge in [0, 0.05) is 19.6 Å². The van der Waals surface area contributed by atoms with E-state index in [-0.39, 0.29) is 4.90 Å². The maximum atomic E-state index is 11.2. The van der Waals surface area contributed by atoms with Crippen LogP contribution < -0.4 is 15.8 Å². The molecule has 23 heavy (non-hydrogen) atoms. The van der Waals surface area contributed by atoms with Gasteiger partial charge in [-0.3, -0.25) is 4.99 Å². The van der Waals surface area contributed by atoms with Crippen molar-refractivity contribution >= 4 is 16.0 Å². The Bertz CT molecular complexity index is 620. The highest BCUT2D eigenvalue weighted by molar-refractivity contribution is 7.89. The average molecular weight is 338 g/mol. The number of aliphatic imine (C=N–C) groups is 1. The molecule has 1 saturated carbocycles. The minimum Gasteiger partial charge on any atom is -0.356 e. The molecule has 0 saturated heterocycles. The molecule has 1 aliphatic carbocycles. The van der Waals surface area contributed by atoms with Gasteiger partial charge in [0.25, 0.3) is 0 Å². The fourth-order valence-electron chi connectivity index (χ4n) is 2.81. The van der Waals surface area contributed by atoms with Gasteiger partial charge < -0.3 is 10.6 Å². The van der Waals surface area contributed by atoms with E-state index in [1.165, 1.54) is 32.1 Å². The second-order valence-electron chi connectivity index (χ2n) is 5.92. The van der Waals surface area contributed by atoms with E-state index in [9.17, 15) is 8.42 Å². The quantitative estimate of drug-likeness (QED) is 0.558. The maximum Gasteiger partial charge on any atom is 0.238 e. The van der Waals surface area contributed by atoms with Crippen molar-refractivity contribution in [3.63, 3.8) is 0 Å². The number of hydrogen-bond acceptors (Lipinski definition) is 3. The predicted molar refractivity (Wildman–Crippen MR) is 92.9 cm³/mol. The van der Waals surface area contributed by atoms with Crippen LogP contribution in [0.25, 0.3) is 0 Å². The lowest BCUT2D eigenvalue weighted by Crippen LogP contribution is -2.44. The van der Waals surface area contributed by atoms with Crippen LogP contribution in [0.15, 0.2) is 34.2 Å². The number of guanidine groups is 1. The largest absolute Gasteiger partial charge is 0.356 e. The van der Waals surface area contributed by atoms with Crippen LogP contribution in [0, 0.1) is 0 Å². The molecule has 128 valence electrons. The zero-order chi connectivity index (χ0) is 16.7. The van der Waals surface area contributed by atoms with Gasteiger partial charge in [-0.25, -0.2) is 13.6 Å². The Kier molecular flexibility index (Phi) is 6.41. The van der Waals surface area contributed by atoms with Crippen LogP contribution in [0.3, 0.4) is 0 Å². The second-order valence-corrected chi connectivity index (χ2v) is 7.48. The van der Waals surface area contributed by atoms with E-state index in [1.807, 2.05) is 0 Å². The van der Waals surface area contributed by atoms with Crippen LogP contribution in [0.2, 0.25) is 0 Å². The summed E-state index contributed by atoms with van der Waals surface area (Å²) in [6.45, 7) is 0.737. The summed E-state index contributed by atoms with van der Waals surface area (Å²) in [5.74, 6) is 0.832. The summed E-state index contributed by atoms with van der Waals surface area (Å²) >= 11 is 0. The average Bonchev–Trinajstić information content (AvgIpc) is 2.54. The molecule has 0 aromatic heterocycles. The molecule has 1 aromatic rings. The summed E-state index contributed by atoms with van der Waals surface area (Å²) in [6, 6.07) is 7.18. The highest BCUT2D eigenvalue weighted by atomic mass is 32.2. The van der Waals surface area contributed by atoms with Crippen molar-refractivity contribution in [2.75, 3.05) is 13.6 Å². The first-order valence-electron chi connectivity index (χ1n) is 8.08. The van der Waals surface area contributed by atoms with Crippen molar-refractivity contribution in [2.45, 2.75) is 49.5 Å². The Morgan fingerprint density at radius 2 is 1.87 bits per heavy atom. The third-order valence-corrected chi connectivity index (χ3v) is 5.06. The van der Waals surface area contributed by atoms with Gasteiger partial charge in [-0.1, -0.05) is 31.4 Å². The third kappa shape index (κ3) is 5.84. The molecule has 1 aromatic carbocycles.